The quantitative estimate of drug-likeness (QED) is 0.838. The van der Waals surface area contributed by atoms with E-state index < -0.39 is 11.7 Å². The lowest BCUT2D eigenvalue weighted by atomic mass is 10.1. The fourth-order valence-electron chi connectivity index (χ4n) is 2.54. The van der Waals surface area contributed by atoms with Crippen molar-refractivity contribution in [2.75, 3.05) is 13.7 Å². The van der Waals surface area contributed by atoms with Crippen LogP contribution in [-0.2, 0) is 9.53 Å². The van der Waals surface area contributed by atoms with Gasteiger partial charge in [0.2, 0.25) is 5.91 Å². The summed E-state index contributed by atoms with van der Waals surface area (Å²) in [4.78, 5) is 23.5. The Labute approximate surface area is 142 Å². The normalized spacial score (nSPS) is 19.3. The van der Waals surface area contributed by atoms with Gasteiger partial charge in [-0.2, -0.15) is 0 Å². The summed E-state index contributed by atoms with van der Waals surface area (Å²) in [5.41, 5.74) is 0.583. The number of rotatable bonds is 6. The van der Waals surface area contributed by atoms with E-state index in [0.29, 0.717) is 5.92 Å². The maximum Gasteiger partial charge on any atom is 0.407 e. The Balaban J connectivity index is 1.70. The first-order valence-electron chi connectivity index (χ1n) is 8.19. The molecule has 0 spiro atoms. The Kier molecular flexibility index (Phi) is 5.70. The fourth-order valence-corrected chi connectivity index (χ4v) is 2.54. The van der Waals surface area contributed by atoms with Gasteiger partial charge in [-0.1, -0.05) is 18.2 Å². The minimum Gasteiger partial charge on any atom is -0.496 e. The number of alkyl carbamates (subject to hydrolysis) is 1. The summed E-state index contributed by atoms with van der Waals surface area (Å²) in [7, 11) is 1.65. The van der Waals surface area contributed by atoms with Gasteiger partial charge in [0.25, 0.3) is 0 Å². The lowest BCUT2D eigenvalue weighted by Crippen LogP contribution is -2.35. The van der Waals surface area contributed by atoms with Gasteiger partial charge in [-0.05, 0) is 38.8 Å². The molecule has 0 aromatic heterocycles. The number of ether oxygens (including phenoxy) is 2. The summed E-state index contributed by atoms with van der Waals surface area (Å²) in [5, 5.41) is 5.57. The topological polar surface area (TPSA) is 76.7 Å². The molecule has 0 heterocycles. The third-order valence-electron chi connectivity index (χ3n) is 3.70. The van der Waals surface area contributed by atoms with Crippen LogP contribution in [0.15, 0.2) is 24.3 Å². The van der Waals surface area contributed by atoms with Crippen LogP contribution in [0.4, 0.5) is 4.79 Å². The second-order valence-electron chi connectivity index (χ2n) is 6.94. The first-order valence-corrected chi connectivity index (χ1v) is 8.19. The monoisotopic (exact) mass is 334 g/mol. The Bertz CT molecular complexity index is 595. The molecule has 1 aliphatic rings. The Morgan fingerprint density at radius 2 is 1.96 bits per heavy atom. The van der Waals surface area contributed by atoms with Crippen molar-refractivity contribution in [3.63, 3.8) is 0 Å². The Morgan fingerprint density at radius 3 is 2.62 bits per heavy atom. The summed E-state index contributed by atoms with van der Waals surface area (Å²) in [6.45, 7) is 5.64. The molecule has 2 unspecified atom stereocenters. The zero-order valence-corrected chi connectivity index (χ0v) is 14.7. The van der Waals surface area contributed by atoms with Crippen molar-refractivity contribution < 1.29 is 19.1 Å². The Hall–Kier alpha value is -2.24. The molecule has 24 heavy (non-hydrogen) atoms. The van der Waals surface area contributed by atoms with Gasteiger partial charge in [0.05, 0.1) is 7.11 Å². The molecule has 1 fully saturated rings. The highest BCUT2D eigenvalue weighted by atomic mass is 16.6. The van der Waals surface area contributed by atoms with Gasteiger partial charge in [0.1, 0.15) is 11.4 Å². The molecule has 1 saturated carbocycles. The van der Waals surface area contributed by atoms with E-state index in [-0.39, 0.29) is 24.9 Å². The number of benzene rings is 1. The molecular weight excluding hydrogens is 308 g/mol. The van der Waals surface area contributed by atoms with Gasteiger partial charge < -0.3 is 20.1 Å². The first-order chi connectivity index (χ1) is 11.3. The predicted molar refractivity (Wildman–Crippen MR) is 91.1 cm³/mol. The summed E-state index contributed by atoms with van der Waals surface area (Å²) in [6, 6.07) is 7.99. The van der Waals surface area contributed by atoms with Gasteiger partial charge in [0, 0.05) is 24.9 Å². The van der Waals surface area contributed by atoms with Gasteiger partial charge in [-0.25, -0.2) is 4.79 Å². The SMILES string of the molecule is COc1ccccc1C1CC1NC(=O)CCNC(=O)OC(C)(C)C. The van der Waals surface area contributed by atoms with Crippen LogP contribution >= 0.6 is 0 Å². The molecule has 6 nitrogen and oxygen atoms in total. The summed E-state index contributed by atoms with van der Waals surface area (Å²) >= 11 is 0. The van der Waals surface area contributed by atoms with Crippen LogP contribution in [0.1, 0.15) is 45.1 Å². The van der Waals surface area contributed by atoms with Crippen LogP contribution in [0.5, 0.6) is 5.75 Å². The highest BCUT2D eigenvalue weighted by molar-refractivity contribution is 5.78. The molecule has 0 aliphatic heterocycles. The van der Waals surface area contributed by atoms with E-state index in [1.807, 2.05) is 24.3 Å². The number of carbonyl (C=O) groups is 2. The highest BCUT2D eigenvalue weighted by Crippen LogP contribution is 2.44. The van der Waals surface area contributed by atoms with Crippen LogP contribution in [0, 0.1) is 0 Å². The summed E-state index contributed by atoms with van der Waals surface area (Å²) in [6.07, 6.45) is 0.633. The third kappa shape index (κ3) is 5.44. The highest BCUT2D eigenvalue weighted by Gasteiger charge is 2.40. The number of para-hydroxylation sites is 1. The number of hydrogen-bond donors (Lipinski definition) is 2. The lowest BCUT2D eigenvalue weighted by molar-refractivity contribution is -0.121. The smallest absolute Gasteiger partial charge is 0.407 e. The largest absolute Gasteiger partial charge is 0.496 e. The summed E-state index contributed by atoms with van der Waals surface area (Å²) in [5.74, 6) is 1.07. The van der Waals surface area contributed by atoms with E-state index in [0.717, 1.165) is 17.7 Å². The van der Waals surface area contributed by atoms with Crippen molar-refractivity contribution in [3.8, 4) is 5.75 Å². The molecule has 0 radical (unpaired) electrons. The third-order valence-corrected chi connectivity index (χ3v) is 3.70. The van der Waals surface area contributed by atoms with Gasteiger partial charge >= 0.3 is 6.09 Å². The fraction of sp³-hybridized carbons (Fsp3) is 0.556. The molecule has 2 amide bonds. The second-order valence-corrected chi connectivity index (χ2v) is 6.94. The van der Waals surface area contributed by atoms with Crippen molar-refractivity contribution in [1.29, 1.82) is 0 Å². The number of amides is 2. The van der Waals surface area contributed by atoms with Crippen molar-refractivity contribution in [3.05, 3.63) is 29.8 Å². The van der Waals surface area contributed by atoms with E-state index in [1.54, 1.807) is 27.9 Å². The molecule has 2 atom stereocenters. The lowest BCUT2D eigenvalue weighted by Gasteiger charge is -2.19. The van der Waals surface area contributed by atoms with Crippen LogP contribution < -0.4 is 15.4 Å². The van der Waals surface area contributed by atoms with E-state index in [4.69, 9.17) is 9.47 Å². The average molecular weight is 334 g/mol. The van der Waals surface area contributed by atoms with Gasteiger partial charge in [-0.3, -0.25) is 4.79 Å². The number of hydrogen-bond acceptors (Lipinski definition) is 4. The van der Waals surface area contributed by atoms with Crippen LogP contribution in [0.25, 0.3) is 0 Å². The number of nitrogens with one attached hydrogen (secondary N) is 2. The van der Waals surface area contributed by atoms with Crippen molar-refractivity contribution in [2.24, 2.45) is 0 Å². The predicted octanol–water partition coefficient (Wildman–Crippen LogP) is 2.58. The van der Waals surface area contributed by atoms with Crippen LogP contribution in [0.3, 0.4) is 0 Å². The Morgan fingerprint density at radius 1 is 1.25 bits per heavy atom. The van der Waals surface area contributed by atoms with E-state index in [1.165, 1.54) is 0 Å². The maximum absolute atomic E-state index is 12.0. The number of methoxy groups -OCH3 is 1. The van der Waals surface area contributed by atoms with Gasteiger partial charge in [-0.15, -0.1) is 0 Å². The van der Waals surface area contributed by atoms with Crippen molar-refractivity contribution in [2.45, 2.75) is 51.2 Å². The molecule has 6 heteroatoms. The molecule has 0 saturated heterocycles. The maximum atomic E-state index is 12.0. The zero-order valence-electron chi connectivity index (χ0n) is 14.7. The minimum absolute atomic E-state index is 0.0755. The van der Waals surface area contributed by atoms with Gasteiger partial charge in [0.15, 0.2) is 0 Å². The molecule has 2 N–H and O–H groups in total. The summed E-state index contributed by atoms with van der Waals surface area (Å²) < 4.78 is 10.5. The molecule has 1 aromatic carbocycles. The molecule has 1 aromatic rings. The van der Waals surface area contributed by atoms with Crippen molar-refractivity contribution in [1.82, 2.24) is 10.6 Å². The van der Waals surface area contributed by atoms with E-state index in [9.17, 15) is 9.59 Å². The standard InChI is InChI=1S/C18H26N2O4/c1-18(2,3)24-17(22)19-10-9-16(21)20-14-11-13(14)12-7-5-6-8-15(12)23-4/h5-8,13-14H,9-11H2,1-4H3,(H,19,22)(H,20,21). The van der Waals surface area contributed by atoms with E-state index in [2.05, 4.69) is 10.6 Å². The number of carbonyl (C=O) groups excluding carboxylic acids is 2. The molecule has 132 valence electrons. The van der Waals surface area contributed by atoms with Crippen LogP contribution in [0.2, 0.25) is 0 Å². The molecular formula is C18H26N2O4. The first kappa shape index (κ1) is 18.1. The van der Waals surface area contributed by atoms with Crippen molar-refractivity contribution >= 4 is 12.0 Å². The minimum atomic E-state index is -0.539. The second kappa shape index (κ2) is 7.55. The molecule has 1 aliphatic carbocycles. The average Bonchev–Trinajstić information content (AvgIpc) is 3.24. The molecule has 0 bridgehead atoms. The van der Waals surface area contributed by atoms with E-state index >= 15 is 0 Å². The van der Waals surface area contributed by atoms with Crippen LogP contribution in [-0.4, -0.2) is 37.3 Å². The zero-order chi connectivity index (χ0) is 17.7. The molecule has 2 rings (SSSR count).